The van der Waals surface area contributed by atoms with Crippen LogP contribution in [0.25, 0.3) is 11.1 Å². The zero-order chi connectivity index (χ0) is 19.0. The molecule has 4 rings (SSSR count). The first kappa shape index (κ1) is 17.8. The van der Waals surface area contributed by atoms with Gasteiger partial charge in [0, 0.05) is 16.3 Å². The third kappa shape index (κ3) is 3.13. The number of nitrogens with one attached hydrogen (secondary N) is 1. The summed E-state index contributed by atoms with van der Waals surface area (Å²) in [5, 5.41) is 3.19. The van der Waals surface area contributed by atoms with E-state index in [9.17, 15) is 9.18 Å². The Hall–Kier alpha value is -2.63. The first-order valence-electron chi connectivity index (χ1n) is 8.60. The lowest BCUT2D eigenvalue weighted by Crippen LogP contribution is -2.30. The molecule has 0 bridgehead atoms. The first-order chi connectivity index (χ1) is 13.0. The summed E-state index contributed by atoms with van der Waals surface area (Å²) in [6, 6.07) is 13.5. The van der Waals surface area contributed by atoms with Crippen LogP contribution in [-0.4, -0.2) is 12.5 Å². The predicted molar refractivity (Wildman–Crippen MR) is 101 cm³/mol. The van der Waals surface area contributed by atoms with E-state index in [0.717, 1.165) is 11.1 Å². The molecule has 4 nitrogen and oxygen atoms in total. The molecule has 1 aromatic heterocycles. The number of carbonyl (C=O) groups excluding carboxylic acids is 1. The molecule has 1 N–H and O–H groups in total. The molecule has 3 aromatic rings. The minimum atomic E-state index is -0.925. The Kier molecular flexibility index (Phi) is 4.50. The van der Waals surface area contributed by atoms with Gasteiger partial charge < -0.3 is 14.5 Å². The minimum absolute atomic E-state index is 0.0929. The summed E-state index contributed by atoms with van der Waals surface area (Å²) in [7, 11) is 0. The van der Waals surface area contributed by atoms with Gasteiger partial charge in [0.25, 0.3) is 0 Å². The molecule has 1 amide bonds. The van der Waals surface area contributed by atoms with Crippen molar-refractivity contribution in [2.75, 3.05) is 11.9 Å². The molecule has 138 valence electrons. The Morgan fingerprint density at radius 3 is 2.74 bits per heavy atom. The molecule has 0 aliphatic carbocycles. The lowest BCUT2D eigenvalue weighted by Gasteiger charge is -2.31. The van der Waals surface area contributed by atoms with Crippen LogP contribution in [0.2, 0.25) is 5.02 Å². The second-order valence-electron chi connectivity index (χ2n) is 6.41. The molecule has 1 unspecified atom stereocenters. The highest BCUT2D eigenvalue weighted by Gasteiger charge is 2.41. The van der Waals surface area contributed by atoms with E-state index in [1.165, 1.54) is 12.1 Å². The highest BCUT2D eigenvalue weighted by molar-refractivity contribution is 6.30. The van der Waals surface area contributed by atoms with Crippen LogP contribution in [0.5, 0.6) is 0 Å². The van der Waals surface area contributed by atoms with Crippen molar-refractivity contribution in [2.24, 2.45) is 0 Å². The molecule has 0 saturated carbocycles. The predicted octanol–water partition coefficient (Wildman–Crippen LogP) is 5.36. The summed E-state index contributed by atoms with van der Waals surface area (Å²) in [4.78, 5) is 12.1. The molecule has 1 atom stereocenters. The molecule has 0 fully saturated rings. The van der Waals surface area contributed by atoms with Crippen LogP contribution in [-0.2, 0) is 15.1 Å². The van der Waals surface area contributed by atoms with Crippen LogP contribution in [0.3, 0.4) is 0 Å². The van der Waals surface area contributed by atoms with Crippen molar-refractivity contribution in [1.82, 2.24) is 0 Å². The molecule has 2 heterocycles. The summed E-state index contributed by atoms with van der Waals surface area (Å²) < 4.78 is 25.5. The number of fused-ring (bicyclic) bond motifs is 1. The third-order valence-electron chi connectivity index (χ3n) is 4.79. The summed E-state index contributed by atoms with van der Waals surface area (Å²) in [6.45, 7) is 1.87. The molecular weight excluding hydrogens is 369 g/mol. The molecule has 0 radical (unpaired) electrons. The van der Waals surface area contributed by atoms with Crippen molar-refractivity contribution < 1.29 is 18.3 Å². The molecule has 0 spiro atoms. The number of anilines is 1. The lowest BCUT2D eigenvalue weighted by atomic mass is 9.85. The highest BCUT2D eigenvalue weighted by Crippen LogP contribution is 2.44. The van der Waals surface area contributed by atoms with Crippen LogP contribution in [0, 0.1) is 5.82 Å². The number of carbonyl (C=O) groups is 1. The molecule has 27 heavy (non-hydrogen) atoms. The van der Waals surface area contributed by atoms with Gasteiger partial charge in [-0.05, 0) is 60.0 Å². The zero-order valence-corrected chi connectivity index (χ0v) is 15.3. The maximum absolute atomic E-state index is 13.8. The molecule has 6 heteroatoms. The second kappa shape index (κ2) is 6.83. The minimum Gasteiger partial charge on any atom is -0.466 e. The molecule has 2 aromatic carbocycles. The fourth-order valence-electron chi connectivity index (χ4n) is 3.52. The second-order valence-corrected chi connectivity index (χ2v) is 6.85. The van der Waals surface area contributed by atoms with Gasteiger partial charge in [-0.3, -0.25) is 4.79 Å². The van der Waals surface area contributed by atoms with Gasteiger partial charge in [-0.15, -0.1) is 0 Å². The van der Waals surface area contributed by atoms with Crippen LogP contribution < -0.4 is 5.32 Å². The van der Waals surface area contributed by atoms with Gasteiger partial charge in [-0.25, -0.2) is 4.39 Å². The number of halogens is 2. The van der Waals surface area contributed by atoms with Gasteiger partial charge in [0.15, 0.2) is 5.60 Å². The van der Waals surface area contributed by atoms with Crippen LogP contribution >= 0.6 is 11.6 Å². The van der Waals surface area contributed by atoms with Crippen molar-refractivity contribution in [3.63, 3.8) is 0 Å². The van der Waals surface area contributed by atoms with E-state index in [1.807, 2.05) is 25.1 Å². The van der Waals surface area contributed by atoms with Gasteiger partial charge in [0.1, 0.15) is 18.2 Å². The standard InChI is InChI=1S/C21H17ClFNO3/c1-2-21(19-4-3-7-26-19)17-10-13(14-8-15(22)11-16(23)9-14)5-6-18(17)24-20(25)12-27-21/h3-11H,2,12H2,1H3,(H,24,25). The van der Waals surface area contributed by atoms with Crippen molar-refractivity contribution >= 4 is 23.2 Å². The lowest BCUT2D eigenvalue weighted by molar-refractivity contribution is -0.126. The molecule has 0 saturated heterocycles. The van der Waals surface area contributed by atoms with E-state index in [2.05, 4.69) is 5.32 Å². The normalized spacial score (nSPS) is 19.3. The van der Waals surface area contributed by atoms with E-state index in [4.69, 9.17) is 20.8 Å². The Morgan fingerprint density at radius 2 is 2.04 bits per heavy atom. The number of amides is 1. The number of benzene rings is 2. The van der Waals surface area contributed by atoms with Crippen molar-refractivity contribution in [3.05, 3.63) is 77.0 Å². The van der Waals surface area contributed by atoms with E-state index in [0.29, 0.717) is 28.5 Å². The highest BCUT2D eigenvalue weighted by atomic mass is 35.5. The van der Waals surface area contributed by atoms with E-state index < -0.39 is 11.4 Å². The molecule has 1 aliphatic heterocycles. The number of hydrogen-bond donors (Lipinski definition) is 1. The fourth-order valence-corrected chi connectivity index (χ4v) is 3.74. The van der Waals surface area contributed by atoms with Crippen LogP contribution in [0.1, 0.15) is 24.7 Å². The Labute approximate surface area is 160 Å². The topological polar surface area (TPSA) is 51.5 Å². The van der Waals surface area contributed by atoms with Gasteiger partial charge in [0.2, 0.25) is 5.91 Å². The number of ether oxygens (including phenoxy) is 1. The maximum Gasteiger partial charge on any atom is 0.250 e. The van der Waals surface area contributed by atoms with Crippen molar-refractivity contribution in [2.45, 2.75) is 18.9 Å². The Balaban J connectivity index is 1.94. The van der Waals surface area contributed by atoms with E-state index in [-0.39, 0.29) is 12.5 Å². The first-order valence-corrected chi connectivity index (χ1v) is 8.98. The maximum atomic E-state index is 13.8. The van der Waals surface area contributed by atoms with E-state index in [1.54, 1.807) is 24.5 Å². The third-order valence-corrected chi connectivity index (χ3v) is 5.01. The van der Waals surface area contributed by atoms with Gasteiger partial charge in [0.05, 0.1) is 6.26 Å². The Morgan fingerprint density at radius 1 is 1.19 bits per heavy atom. The zero-order valence-electron chi connectivity index (χ0n) is 14.6. The summed E-state index contributed by atoms with van der Waals surface area (Å²) in [5.41, 5.74) is 1.87. The van der Waals surface area contributed by atoms with Crippen LogP contribution in [0.4, 0.5) is 10.1 Å². The molecule has 1 aliphatic rings. The van der Waals surface area contributed by atoms with E-state index >= 15 is 0 Å². The van der Waals surface area contributed by atoms with Crippen molar-refractivity contribution in [1.29, 1.82) is 0 Å². The Bertz CT molecular complexity index is 982. The number of rotatable bonds is 3. The van der Waals surface area contributed by atoms with Gasteiger partial charge in [-0.2, -0.15) is 0 Å². The summed E-state index contributed by atoms with van der Waals surface area (Å²) in [5.74, 6) is -0.0401. The van der Waals surface area contributed by atoms with Crippen molar-refractivity contribution in [3.8, 4) is 11.1 Å². The average molecular weight is 386 g/mol. The monoisotopic (exact) mass is 385 g/mol. The summed E-state index contributed by atoms with van der Waals surface area (Å²) in [6.07, 6.45) is 2.13. The number of hydrogen-bond acceptors (Lipinski definition) is 3. The largest absolute Gasteiger partial charge is 0.466 e. The number of furan rings is 1. The molecular formula is C21H17ClFNO3. The SMILES string of the molecule is CCC1(c2ccco2)OCC(=O)Nc2ccc(-c3cc(F)cc(Cl)c3)cc21. The van der Waals surface area contributed by atoms with Crippen LogP contribution in [0.15, 0.2) is 59.2 Å². The van der Waals surface area contributed by atoms with Gasteiger partial charge in [-0.1, -0.05) is 24.6 Å². The quantitative estimate of drug-likeness (QED) is 0.660. The smallest absolute Gasteiger partial charge is 0.250 e. The van der Waals surface area contributed by atoms with Gasteiger partial charge >= 0.3 is 0 Å². The average Bonchev–Trinajstić information content (AvgIpc) is 3.13. The summed E-state index contributed by atoms with van der Waals surface area (Å²) >= 11 is 6.02. The fraction of sp³-hybridized carbons (Fsp3) is 0.190.